The number of methoxy groups -OCH3 is 2. The topological polar surface area (TPSA) is 82.5 Å². The van der Waals surface area contributed by atoms with E-state index < -0.39 is 11.5 Å². The highest BCUT2D eigenvalue weighted by molar-refractivity contribution is 6.37. The zero-order valence-corrected chi connectivity index (χ0v) is 18.6. The van der Waals surface area contributed by atoms with Crippen molar-refractivity contribution in [1.82, 2.24) is 9.66 Å². The molecule has 4 rings (SSSR count). The molecule has 0 aliphatic rings. The molecule has 1 amide bonds. The molecule has 4 aromatic rings. The van der Waals surface area contributed by atoms with Crippen molar-refractivity contribution >= 4 is 40.0 Å². The Hall–Kier alpha value is -3.55. The van der Waals surface area contributed by atoms with Gasteiger partial charge in [-0.1, -0.05) is 35.3 Å². The predicted octanol–water partition coefficient (Wildman–Crippen LogP) is 4.77. The predicted molar refractivity (Wildman–Crippen MR) is 125 cm³/mol. The minimum atomic E-state index is -0.590. The fraction of sp³-hybridized carbons (Fsp3) is 0.0870. The molecule has 3 aromatic carbocycles. The fourth-order valence-electron chi connectivity index (χ4n) is 3.24. The van der Waals surface area contributed by atoms with Crippen molar-refractivity contribution in [1.29, 1.82) is 0 Å². The van der Waals surface area contributed by atoms with Crippen molar-refractivity contribution in [3.63, 3.8) is 0 Å². The molecule has 0 spiro atoms. The molecule has 0 fully saturated rings. The van der Waals surface area contributed by atoms with Gasteiger partial charge in [0.15, 0.2) is 17.3 Å². The third kappa shape index (κ3) is 4.00. The SMILES string of the molecule is COc1ccc(-c2nc3ccccc3c(=O)n2NC(=O)c2ccc(Cl)cc2Cl)cc1OC. The number of nitrogens with one attached hydrogen (secondary N) is 1. The van der Waals surface area contributed by atoms with E-state index in [1.54, 1.807) is 48.5 Å². The van der Waals surface area contributed by atoms with Gasteiger partial charge in [-0.05, 0) is 48.5 Å². The van der Waals surface area contributed by atoms with Crippen LogP contribution in [-0.2, 0) is 0 Å². The Bertz CT molecular complexity index is 1400. The third-order valence-electron chi connectivity index (χ3n) is 4.81. The fourth-order valence-corrected chi connectivity index (χ4v) is 3.74. The molecule has 0 bridgehead atoms. The molecule has 162 valence electrons. The lowest BCUT2D eigenvalue weighted by molar-refractivity contribution is 0.101. The summed E-state index contributed by atoms with van der Waals surface area (Å²) in [6.45, 7) is 0. The number of hydrogen-bond acceptors (Lipinski definition) is 5. The number of rotatable bonds is 5. The number of ether oxygens (including phenoxy) is 2. The van der Waals surface area contributed by atoms with Crippen LogP contribution in [0.25, 0.3) is 22.3 Å². The number of carbonyl (C=O) groups excluding carboxylic acids is 1. The summed E-state index contributed by atoms with van der Waals surface area (Å²) in [6, 6.07) is 16.4. The molecule has 0 radical (unpaired) electrons. The lowest BCUT2D eigenvalue weighted by Gasteiger charge is -2.16. The van der Waals surface area contributed by atoms with Crippen LogP contribution in [-0.4, -0.2) is 29.8 Å². The summed E-state index contributed by atoms with van der Waals surface area (Å²) >= 11 is 12.1. The first-order valence-electron chi connectivity index (χ1n) is 9.43. The van der Waals surface area contributed by atoms with Gasteiger partial charge in [0, 0.05) is 10.6 Å². The van der Waals surface area contributed by atoms with Gasteiger partial charge in [-0.3, -0.25) is 15.0 Å². The maximum atomic E-state index is 13.3. The smallest absolute Gasteiger partial charge is 0.280 e. The van der Waals surface area contributed by atoms with Crippen molar-refractivity contribution in [3.05, 3.63) is 86.6 Å². The van der Waals surface area contributed by atoms with E-state index in [1.165, 1.54) is 26.4 Å². The first kappa shape index (κ1) is 21.7. The maximum absolute atomic E-state index is 13.3. The third-order valence-corrected chi connectivity index (χ3v) is 5.35. The van der Waals surface area contributed by atoms with Crippen LogP contribution >= 0.6 is 23.2 Å². The van der Waals surface area contributed by atoms with Gasteiger partial charge in [0.2, 0.25) is 0 Å². The summed E-state index contributed by atoms with van der Waals surface area (Å²) < 4.78 is 11.8. The lowest BCUT2D eigenvalue weighted by Crippen LogP contribution is -2.35. The first-order valence-corrected chi connectivity index (χ1v) is 10.2. The number of benzene rings is 3. The standard InChI is InChI=1S/C23H17Cl2N3O4/c1-31-19-10-7-13(11-20(19)32-2)21-26-18-6-4-3-5-16(18)23(30)28(21)27-22(29)15-9-8-14(24)12-17(15)25/h3-12H,1-2H3,(H,27,29). The summed E-state index contributed by atoms with van der Waals surface area (Å²) in [6.07, 6.45) is 0. The molecule has 32 heavy (non-hydrogen) atoms. The van der Waals surface area contributed by atoms with Gasteiger partial charge in [-0.25, -0.2) is 4.98 Å². The number of hydrogen-bond donors (Lipinski definition) is 1. The van der Waals surface area contributed by atoms with Crippen LogP contribution in [0.4, 0.5) is 0 Å². The second-order valence-electron chi connectivity index (χ2n) is 6.73. The molecule has 0 atom stereocenters. The molecule has 0 aliphatic heterocycles. The van der Waals surface area contributed by atoms with Crippen molar-refractivity contribution in [2.24, 2.45) is 0 Å². The molecule has 0 aliphatic carbocycles. The van der Waals surface area contributed by atoms with Crippen molar-refractivity contribution in [2.45, 2.75) is 0 Å². The summed E-state index contributed by atoms with van der Waals surface area (Å²) in [7, 11) is 3.03. The minimum absolute atomic E-state index is 0.157. The zero-order chi connectivity index (χ0) is 22.8. The maximum Gasteiger partial charge on any atom is 0.280 e. The van der Waals surface area contributed by atoms with Crippen molar-refractivity contribution in [3.8, 4) is 22.9 Å². The average Bonchev–Trinajstić information content (AvgIpc) is 2.80. The second-order valence-corrected chi connectivity index (χ2v) is 7.57. The van der Waals surface area contributed by atoms with Crippen LogP contribution in [0.1, 0.15) is 10.4 Å². The van der Waals surface area contributed by atoms with Gasteiger partial charge in [-0.15, -0.1) is 0 Å². The molecule has 1 N–H and O–H groups in total. The number of amides is 1. The van der Waals surface area contributed by atoms with E-state index >= 15 is 0 Å². The van der Waals surface area contributed by atoms with E-state index in [4.69, 9.17) is 32.7 Å². The van der Waals surface area contributed by atoms with Gasteiger partial charge >= 0.3 is 0 Å². The van der Waals surface area contributed by atoms with E-state index in [2.05, 4.69) is 10.4 Å². The molecule has 0 saturated carbocycles. The highest BCUT2D eigenvalue weighted by atomic mass is 35.5. The van der Waals surface area contributed by atoms with Crippen LogP contribution in [0.5, 0.6) is 11.5 Å². The number of para-hydroxylation sites is 1. The van der Waals surface area contributed by atoms with E-state index in [0.29, 0.717) is 33.0 Å². The van der Waals surface area contributed by atoms with E-state index in [0.717, 1.165) is 4.68 Å². The summed E-state index contributed by atoms with van der Waals surface area (Å²) in [5, 5.41) is 0.894. The summed E-state index contributed by atoms with van der Waals surface area (Å²) in [5.41, 5.74) is 3.35. The second kappa shape index (κ2) is 8.90. The molecule has 7 nitrogen and oxygen atoms in total. The Balaban J connectivity index is 1.90. The Morgan fingerprint density at radius 1 is 0.969 bits per heavy atom. The molecule has 9 heteroatoms. The van der Waals surface area contributed by atoms with Crippen LogP contribution in [0.2, 0.25) is 10.0 Å². The van der Waals surface area contributed by atoms with Crippen LogP contribution in [0, 0.1) is 0 Å². The number of halogens is 2. The lowest BCUT2D eigenvalue weighted by atomic mass is 10.1. The quantitative estimate of drug-likeness (QED) is 0.455. The monoisotopic (exact) mass is 469 g/mol. The minimum Gasteiger partial charge on any atom is -0.493 e. The van der Waals surface area contributed by atoms with Gasteiger partial charge in [0.1, 0.15) is 0 Å². The normalized spacial score (nSPS) is 10.8. The molecular formula is C23H17Cl2N3O4. The van der Waals surface area contributed by atoms with Gasteiger partial charge in [0.05, 0.1) is 35.7 Å². The number of carbonyl (C=O) groups is 1. The highest BCUT2D eigenvalue weighted by Gasteiger charge is 2.19. The van der Waals surface area contributed by atoms with Crippen LogP contribution < -0.4 is 20.5 Å². The molecule has 0 saturated heterocycles. The van der Waals surface area contributed by atoms with E-state index in [-0.39, 0.29) is 16.4 Å². The average molecular weight is 470 g/mol. The highest BCUT2D eigenvalue weighted by Crippen LogP contribution is 2.31. The molecular weight excluding hydrogens is 453 g/mol. The van der Waals surface area contributed by atoms with Crippen molar-refractivity contribution in [2.75, 3.05) is 19.6 Å². The molecule has 0 unspecified atom stereocenters. The van der Waals surface area contributed by atoms with Gasteiger partial charge in [-0.2, -0.15) is 4.68 Å². The largest absolute Gasteiger partial charge is 0.493 e. The Kier molecular flexibility index (Phi) is 6.03. The Labute approximate surface area is 193 Å². The number of nitrogens with zero attached hydrogens (tertiary/aromatic N) is 2. The van der Waals surface area contributed by atoms with E-state index in [1.807, 2.05) is 0 Å². The number of fused-ring (bicyclic) bond motifs is 1. The van der Waals surface area contributed by atoms with Crippen LogP contribution in [0.15, 0.2) is 65.5 Å². The van der Waals surface area contributed by atoms with Crippen LogP contribution in [0.3, 0.4) is 0 Å². The summed E-state index contributed by atoms with van der Waals surface area (Å²) in [5.74, 6) is 0.592. The van der Waals surface area contributed by atoms with Crippen molar-refractivity contribution < 1.29 is 14.3 Å². The molecule has 1 aromatic heterocycles. The zero-order valence-electron chi connectivity index (χ0n) is 17.1. The first-order chi connectivity index (χ1) is 15.4. The van der Waals surface area contributed by atoms with Gasteiger partial charge in [0.25, 0.3) is 11.5 Å². The Morgan fingerprint density at radius 3 is 2.44 bits per heavy atom. The number of aromatic nitrogens is 2. The summed E-state index contributed by atoms with van der Waals surface area (Å²) in [4.78, 5) is 30.9. The molecule has 1 heterocycles. The Morgan fingerprint density at radius 2 is 1.72 bits per heavy atom. The van der Waals surface area contributed by atoms with E-state index in [9.17, 15) is 9.59 Å². The van der Waals surface area contributed by atoms with Gasteiger partial charge < -0.3 is 9.47 Å².